The number of aromatic nitrogens is 1. The van der Waals surface area contributed by atoms with Crippen molar-refractivity contribution in [3.8, 4) is 11.3 Å². The monoisotopic (exact) mass is 512 g/mol. The molecule has 1 amide bonds. The summed E-state index contributed by atoms with van der Waals surface area (Å²) in [6.45, 7) is 5.95. The number of carbonyl (C=O) groups excluding carboxylic acids is 1. The maximum atomic E-state index is 13.5. The van der Waals surface area contributed by atoms with Crippen LogP contribution in [-0.2, 0) is 0 Å². The quantitative estimate of drug-likeness (QED) is 0.300. The third-order valence-corrected chi connectivity index (χ3v) is 6.64. The Hall–Kier alpha value is -2.40. The molecule has 3 nitrogen and oxygen atoms in total. The van der Waals surface area contributed by atoms with Gasteiger partial charge in [-0.1, -0.05) is 47.0 Å². The van der Waals surface area contributed by atoms with E-state index in [1.54, 1.807) is 18.2 Å². The summed E-state index contributed by atoms with van der Waals surface area (Å²) < 4.78 is 0.771. The number of nitrogens with one attached hydrogen (secondary N) is 1. The maximum absolute atomic E-state index is 13.5. The molecule has 1 aromatic heterocycles. The standard InChI is InChI=1S/C25H19BrCl2N2O/c1-13-9-14(2)23-19(10-13)22(25(31)29-18-7-8-20(26)21(28)12-18)15(3)24(30-23)16-5-4-6-17(27)11-16/h4-12H,1-3H3,(H,29,31). The summed E-state index contributed by atoms with van der Waals surface area (Å²) in [7, 11) is 0. The molecule has 0 saturated heterocycles. The van der Waals surface area contributed by atoms with E-state index >= 15 is 0 Å². The molecule has 0 radical (unpaired) electrons. The van der Waals surface area contributed by atoms with E-state index in [0.717, 1.165) is 43.3 Å². The summed E-state index contributed by atoms with van der Waals surface area (Å²) >= 11 is 15.8. The Balaban J connectivity index is 1.94. The first-order valence-electron chi connectivity index (χ1n) is 9.68. The number of aryl methyl sites for hydroxylation is 2. The zero-order valence-corrected chi connectivity index (χ0v) is 20.3. The second-order valence-electron chi connectivity index (χ2n) is 7.53. The van der Waals surface area contributed by atoms with Gasteiger partial charge in [-0.15, -0.1) is 0 Å². The summed E-state index contributed by atoms with van der Waals surface area (Å²) in [6.07, 6.45) is 0. The first-order chi connectivity index (χ1) is 14.7. The average molecular weight is 514 g/mol. The van der Waals surface area contributed by atoms with Crippen LogP contribution in [0.3, 0.4) is 0 Å². The molecule has 31 heavy (non-hydrogen) atoms. The fourth-order valence-corrected chi connectivity index (χ4v) is 4.41. The van der Waals surface area contributed by atoms with Gasteiger partial charge in [-0.25, -0.2) is 4.98 Å². The lowest BCUT2D eigenvalue weighted by Crippen LogP contribution is -2.15. The molecule has 0 aliphatic rings. The predicted molar refractivity (Wildman–Crippen MR) is 134 cm³/mol. The number of carbonyl (C=O) groups is 1. The van der Waals surface area contributed by atoms with E-state index in [1.165, 1.54) is 0 Å². The van der Waals surface area contributed by atoms with Crippen molar-refractivity contribution in [2.75, 3.05) is 5.32 Å². The molecule has 0 aliphatic heterocycles. The van der Waals surface area contributed by atoms with Crippen LogP contribution >= 0.6 is 39.1 Å². The van der Waals surface area contributed by atoms with Crippen molar-refractivity contribution in [3.63, 3.8) is 0 Å². The molecule has 4 aromatic rings. The number of amides is 1. The van der Waals surface area contributed by atoms with Gasteiger partial charge in [-0.2, -0.15) is 0 Å². The summed E-state index contributed by atoms with van der Waals surface area (Å²) in [5, 5.41) is 4.96. The van der Waals surface area contributed by atoms with Gasteiger partial charge in [0.15, 0.2) is 0 Å². The third-order valence-electron chi connectivity index (χ3n) is 5.17. The van der Waals surface area contributed by atoms with Gasteiger partial charge in [0.05, 0.1) is 21.8 Å². The highest BCUT2D eigenvalue weighted by Crippen LogP contribution is 2.34. The number of hydrogen-bond donors (Lipinski definition) is 1. The Kier molecular flexibility index (Phi) is 6.07. The van der Waals surface area contributed by atoms with Gasteiger partial charge in [0.1, 0.15) is 0 Å². The highest BCUT2D eigenvalue weighted by atomic mass is 79.9. The summed E-state index contributed by atoms with van der Waals surface area (Å²) in [6, 6.07) is 16.9. The van der Waals surface area contributed by atoms with Crippen LogP contribution in [0.15, 0.2) is 59.1 Å². The van der Waals surface area contributed by atoms with Crippen LogP contribution in [0.1, 0.15) is 27.0 Å². The number of halogens is 3. The van der Waals surface area contributed by atoms with Crippen molar-refractivity contribution in [2.45, 2.75) is 20.8 Å². The molecule has 0 unspecified atom stereocenters. The van der Waals surface area contributed by atoms with E-state index in [2.05, 4.69) is 27.3 Å². The maximum Gasteiger partial charge on any atom is 0.256 e. The fraction of sp³-hybridized carbons (Fsp3) is 0.120. The largest absolute Gasteiger partial charge is 0.322 e. The molecule has 156 valence electrons. The SMILES string of the molecule is Cc1cc(C)c2nc(-c3cccc(Cl)c3)c(C)c(C(=O)Nc3ccc(Br)c(Cl)c3)c2c1. The molecular weight excluding hydrogens is 495 g/mol. The van der Waals surface area contributed by atoms with Crippen LogP contribution in [-0.4, -0.2) is 10.9 Å². The Bertz CT molecular complexity index is 1350. The van der Waals surface area contributed by atoms with E-state index in [9.17, 15) is 4.79 Å². The molecule has 0 bridgehead atoms. The number of fused-ring (bicyclic) bond motifs is 1. The molecular formula is C25H19BrCl2N2O. The van der Waals surface area contributed by atoms with E-state index in [0.29, 0.717) is 21.3 Å². The van der Waals surface area contributed by atoms with Gasteiger partial charge >= 0.3 is 0 Å². The van der Waals surface area contributed by atoms with Gasteiger partial charge in [0, 0.05) is 26.1 Å². The van der Waals surface area contributed by atoms with E-state index in [1.807, 2.05) is 51.1 Å². The van der Waals surface area contributed by atoms with E-state index in [4.69, 9.17) is 28.2 Å². The van der Waals surface area contributed by atoms with Crippen LogP contribution in [0.2, 0.25) is 10.0 Å². The van der Waals surface area contributed by atoms with Gasteiger partial charge < -0.3 is 5.32 Å². The number of rotatable bonds is 3. The van der Waals surface area contributed by atoms with Gasteiger partial charge in [-0.3, -0.25) is 4.79 Å². The Morgan fingerprint density at radius 2 is 1.77 bits per heavy atom. The molecule has 0 spiro atoms. The Morgan fingerprint density at radius 1 is 1.00 bits per heavy atom. The molecule has 4 rings (SSSR count). The summed E-state index contributed by atoms with van der Waals surface area (Å²) in [5.41, 5.74) is 6.49. The minimum Gasteiger partial charge on any atom is -0.322 e. The Labute approximate surface area is 199 Å². The first kappa shape index (κ1) is 21.8. The zero-order chi connectivity index (χ0) is 22.3. The minimum atomic E-state index is -0.212. The molecule has 0 fully saturated rings. The third kappa shape index (κ3) is 4.33. The number of hydrogen-bond acceptors (Lipinski definition) is 2. The Morgan fingerprint density at radius 3 is 2.48 bits per heavy atom. The number of benzene rings is 3. The molecule has 6 heteroatoms. The van der Waals surface area contributed by atoms with Gasteiger partial charge in [0.25, 0.3) is 5.91 Å². The second kappa shape index (κ2) is 8.62. The van der Waals surface area contributed by atoms with Crippen molar-refractivity contribution >= 4 is 61.6 Å². The molecule has 1 N–H and O–H groups in total. The summed E-state index contributed by atoms with van der Waals surface area (Å²) in [4.78, 5) is 18.4. The van der Waals surface area contributed by atoms with Crippen molar-refractivity contribution in [2.24, 2.45) is 0 Å². The predicted octanol–water partition coefficient (Wildman–Crippen LogP) is 8.15. The molecule has 0 atom stereocenters. The second-order valence-corrected chi connectivity index (χ2v) is 9.23. The number of pyridine rings is 1. The number of nitrogens with zero attached hydrogens (tertiary/aromatic N) is 1. The first-order valence-corrected chi connectivity index (χ1v) is 11.2. The van der Waals surface area contributed by atoms with Crippen LogP contribution in [0.5, 0.6) is 0 Å². The summed E-state index contributed by atoms with van der Waals surface area (Å²) in [5.74, 6) is -0.212. The highest BCUT2D eigenvalue weighted by Gasteiger charge is 2.21. The molecule has 0 saturated carbocycles. The zero-order valence-electron chi connectivity index (χ0n) is 17.2. The highest BCUT2D eigenvalue weighted by molar-refractivity contribution is 9.10. The van der Waals surface area contributed by atoms with Crippen molar-refractivity contribution in [1.82, 2.24) is 4.98 Å². The number of anilines is 1. The van der Waals surface area contributed by atoms with Crippen molar-refractivity contribution in [1.29, 1.82) is 0 Å². The molecule has 1 heterocycles. The molecule has 0 aliphatic carbocycles. The average Bonchev–Trinajstić information content (AvgIpc) is 2.70. The lowest BCUT2D eigenvalue weighted by molar-refractivity contribution is 0.102. The van der Waals surface area contributed by atoms with Crippen molar-refractivity contribution in [3.05, 3.63) is 91.4 Å². The normalized spacial score (nSPS) is 11.0. The van der Waals surface area contributed by atoms with Gasteiger partial charge in [0.2, 0.25) is 0 Å². The van der Waals surface area contributed by atoms with Crippen LogP contribution in [0.4, 0.5) is 5.69 Å². The van der Waals surface area contributed by atoms with Crippen LogP contribution < -0.4 is 5.32 Å². The van der Waals surface area contributed by atoms with E-state index < -0.39 is 0 Å². The van der Waals surface area contributed by atoms with E-state index in [-0.39, 0.29) is 5.91 Å². The van der Waals surface area contributed by atoms with Crippen LogP contribution in [0.25, 0.3) is 22.2 Å². The molecule has 3 aromatic carbocycles. The minimum absolute atomic E-state index is 0.212. The van der Waals surface area contributed by atoms with Gasteiger partial charge in [-0.05, 0) is 84.2 Å². The smallest absolute Gasteiger partial charge is 0.256 e. The van der Waals surface area contributed by atoms with Crippen molar-refractivity contribution < 1.29 is 4.79 Å². The lowest BCUT2D eigenvalue weighted by Gasteiger charge is -2.17. The lowest BCUT2D eigenvalue weighted by atomic mass is 9.94. The fourth-order valence-electron chi connectivity index (χ4n) is 3.79. The topological polar surface area (TPSA) is 42.0 Å². The van der Waals surface area contributed by atoms with Crippen LogP contribution in [0, 0.1) is 20.8 Å².